The smallest absolute Gasteiger partial charge is 0.315 e. The van der Waals surface area contributed by atoms with Crippen molar-refractivity contribution in [3.05, 3.63) is 0 Å². The molecular formula is C15H26O6. The highest BCUT2D eigenvalue weighted by molar-refractivity contribution is 5.85. The average Bonchev–Trinajstić information content (AvgIpc) is 2.32. The molecule has 1 aliphatic carbocycles. The van der Waals surface area contributed by atoms with Crippen molar-refractivity contribution in [2.24, 2.45) is 11.8 Å². The van der Waals surface area contributed by atoms with E-state index in [9.17, 15) is 9.59 Å². The van der Waals surface area contributed by atoms with Crippen LogP contribution in [0.15, 0.2) is 0 Å². The summed E-state index contributed by atoms with van der Waals surface area (Å²) in [5.41, 5.74) is -0.641. The number of methoxy groups -OCH3 is 1. The zero-order chi connectivity index (χ0) is 16.3. The standard InChI is InChI=1S/C15H26O6/c1-7-19-15(20-8-2)9-10(12(16)18-6)11(15)13(17)21-14(3,4)5/h10-11H,7-9H2,1-6H3/t10-,11-/m0/s1. The lowest BCUT2D eigenvalue weighted by atomic mass is 9.67. The molecule has 2 atom stereocenters. The quantitative estimate of drug-likeness (QED) is 0.551. The third-order valence-electron chi connectivity index (χ3n) is 3.32. The Morgan fingerprint density at radius 1 is 1.10 bits per heavy atom. The van der Waals surface area contributed by atoms with Gasteiger partial charge in [0.2, 0.25) is 0 Å². The number of carbonyl (C=O) groups excluding carboxylic acids is 2. The number of rotatable bonds is 6. The maximum Gasteiger partial charge on any atom is 0.315 e. The van der Waals surface area contributed by atoms with Gasteiger partial charge in [-0.25, -0.2) is 0 Å². The van der Waals surface area contributed by atoms with Crippen LogP contribution in [0.5, 0.6) is 0 Å². The molecule has 0 aromatic rings. The van der Waals surface area contributed by atoms with Crippen LogP contribution < -0.4 is 0 Å². The molecule has 1 saturated carbocycles. The van der Waals surface area contributed by atoms with E-state index in [1.54, 1.807) is 20.8 Å². The van der Waals surface area contributed by atoms with Crippen LogP contribution in [0.25, 0.3) is 0 Å². The summed E-state index contributed by atoms with van der Waals surface area (Å²) in [5, 5.41) is 0. The molecule has 0 N–H and O–H groups in total. The zero-order valence-corrected chi connectivity index (χ0v) is 13.7. The fourth-order valence-electron chi connectivity index (χ4n) is 2.60. The van der Waals surface area contributed by atoms with Gasteiger partial charge in [-0.05, 0) is 34.6 Å². The molecule has 0 unspecified atom stereocenters. The molecule has 0 spiro atoms. The lowest BCUT2D eigenvalue weighted by Crippen LogP contribution is -2.63. The summed E-state index contributed by atoms with van der Waals surface area (Å²) in [5.74, 6) is -3.43. The molecule has 0 aromatic heterocycles. The number of carbonyl (C=O) groups is 2. The first kappa shape index (κ1) is 17.9. The molecule has 122 valence electrons. The molecule has 6 heteroatoms. The Labute approximate surface area is 126 Å². The Bertz CT molecular complexity index is 378. The van der Waals surface area contributed by atoms with Crippen molar-refractivity contribution in [2.45, 2.75) is 52.4 Å². The van der Waals surface area contributed by atoms with Gasteiger partial charge >= 0.3 is 11.9 Å². The molecule has 0 heterocycles. The van der Waals surface area contributed by atoms with E-state index in [0.717, 1.165) is 0 Å². The van der Waals surface area contributed by atoms with E-state index in [1.807, 2.05) is 13.8 Å². The van der Waals surface area contributed by atoms with Gasteiger partial charge in [-0.3, -0.25) is 9.59 Å². The molecule has 0 amide bonds. The highest BCUT2D eigenvalue weighted by Gasteiger charge is 2.64. The number of ether oxygens (including phenoxy) is 4. The van der Waals surface area contributed by atoms with Crippen LogP contribution in [0.2, 0.25) is 0 Å². The van der Waals surface area contributed by atoms with Gasteiger partial charge in [0, 0.05) is 19.6 Å². The normalized spacial score (nSPS) is 24.1. The summed E-state index contributed by atoms with van der Waals surface area (Å²) >= 11 is 0. The van der Waals surface area contributed by atoms with Gasteiger partial charge < -0.3 is 18.9 Å². The molecule has 6 nitrogen and oxygen atoms in total. The van der Waals surface area contributed by atoms with Crippen molar-refractivity contribution in [2.75, 3.05) is 20.3 Å². The van der Waals surface area contributed by atoms with Crippen molar-refractivity contribution in [3.63, 3.8) is 0 Å². The summed E-state index contributed by atoms with van der Waals surface area (Å²) in [6.07, 6.45) is 0.297. The molecule has 0 radical (unpaired) electrons. The largest absolute Gasteiger partial charge is 0.469 e. The molecule has 1 rings (SSSR count). The van der Waals surface area contributed by atoms with Crippen molar-refractivity contribution in [1.29, 1.82) is 0 Å². The lowest BCUT2D eigenvalue weighted by Gasteiger charge is -2.50. The minimum Gasteiger partial charge on any atom is -0.469 e. The van der Waals surface area contributed by atoms with Crippen LogP contribution in [0.1, 0.15) is 41.0 Å². The Hall–Kier alpha value is -1.14. The minimum absolute atomic E-state index is 0.297. The monoisotopic (exact) mass is 302 g/mol. The second-order valence-electron chi connectivity index (χ2n) is 6.02. The first-order valence-corrected chi connectivity index (χ1v) is 7.29. The summed E-state index contributed by atoms with van der Waals surface area (Å²) in [6, 6.07) is 0. The van der Waals surface area contributed by atoms with Crippen LogP contribution in [0.4, 0.5) is 0 Å². The second-order valence-corrected chi connectivity index (χ2v) is 6.02. The third-order valence-corrected chi connectivity index (χ3v) is 3.32. The summed E-state index contributed by atoms with van der Waals surface area (Å²) < 4.78 is 21.5. The van der Waals surface area contributed by atoms with E-state index in [1.165, 1.54) is 7.11 Å². The molecule has 0 aromatic carbocycles. The van der Waals surface area contributed by atoms with E-state index < -0.39 is 35.2 Å². The van der Waals surface area contributed by atoms with E-state index in [0.29, 0.717) is 19.6 Å². The molecular weight excluding hydrogens is 276 g/mol. The molecule has 0 saturated heterocycles. The van der Waals surface area contributed by atoms with Gasteiger partial charge in [-0.1, -0.05) is 0 Å². The van der Waals surface area contributed by atoms with Gasteiger partial charge in [0.05, 0.1) is 13.0 Å². The Kier molecular flexibility index (Phi) is 5.75. The maximum absolute atomic E-state index is 12.4. The van der Waals surface area contributed by atoms with Crippen molar-refractivity contribution >= 4 is 11.9 Å². The summed E-state index contributed by atoms with van der Waals surface area (Å²) in [7, 11) is 1.30. The van der Waals surface area contributed by atoms with E-state index in [4.69, 9.17) is 18.9 Å². The fourth-order valence-corrected chi connectivity index (χ4v) is 2.60. The molecule has 0 aliphatic heterocycles. The van der Waals surface area contributed by atoms with Gasteiger partial charge in [0.15, 0.2) is 5.79 Å². The van der Waals surface area contributed by atoms with E-state index in [-0.39, 0.29) is 0 Å². The summed E-state index contributed by atoms with van der Waals surface area (Å²) in [4.78, 5) is 24.3. The molecule has 1 aliphatic rings. The van der Waals surface area contributed by atoms with Crippen LogP contribution >= 0.6 is 0 Å². The average molecular weight is 302 g/mol. The van der Waals surface area contributed by atoms with E-state index >= 15 is 0 Å². The van der Waals surface area contributed by atoms with Crippen molar-refractivity contribution in [3.8, 4) is 0 Å². The fraction of sp³-hybridized carbons (Fsp3) is 0.867. The van der Waals surface area contributed by atoms with Gasteiger partial charge in [0.25, 0.3) is 0 Å². The predicted octanol–water partition coefficient (Wildman–Crippen LogP) is 1.91. The van der Waals surface area contributed by atoms with Crippen molar-refractivity contribution in [1.82, 2.24) is 0 Å². The number of hydrogen-bond acceptors (Lipinski definition) is 6. The highest BCUT2D eigenvalue weighted by atomic mass is 16.7. The maximum atomic E-state index is 12.4. The van der Waals surface area contributed by atoms with Crippen LogP contribution in [-0.2, 0) is 28.5 Å². The van der Waals surface area contributed by atoms with Crippen LogP contribution in [0.3, 0.4) is 0 Å². The number of hydrogen-bond donors (Lipinski definition) is 0. The van der Waals surface area contributed by atoms with Crippen molar-refractivity contribution < 1.29 is 28.5 Å². The van der Waals surface area contributed by atoms with E-state index in [2.05, 4.69) is 0 Å². The number of esters is 2. The SMILES string of the molecule is CCOC1(OCC)C[C@H](C(=O)OC)[C@H]1C(=O)OC(C)(C)C. The molecule has 1 fully saturated rings. The first-order chi connectivity index (χ1) is 9.70. The first-order valence-electron chi connectivity index (χ1n) is 7.29. The third kappa shape index (κ3) is 3.95. The van der Waals surface area contributed by atoms with Gasteiger partial charge in [-0.15, -0.1) is 0 Å². The van der Waals surface area contributed by atoms with Gasteiger partial charge in [-0.2, -0.15) is 0 Å². The van der Waals surface area contributed by atoms with Gasteiger partial charge in [0.1, 0.15) is 11.5 Å². The predicted molar refractivity (Wildman–Crippen MR) is 75.4 cm³/mol. The highest BCUT2D eigenvalue weighted by Crippen LogP contribution is 2.49. The lowest BCUT2D eigenvalue weighted by molar-refractivity contribution is -0.323. The Morgan fingerprint density at radius 2 is 1.62 bits per heavy atom. The van der Waals surface area contributed by atoms with Crippen LogP contribution in [0, 0.1) is 11.8 Å². The minimum atomic E-state index is -1.09. The second kappa shape index (κ2) is 6.75. The topological polar surface area (TPSA) is 71.1 Å². The Morgan fingerprint density at radius 3 is 2.00 bits per heavy atom. The molecule has 0 bridgehead atoms. The summed E-state index contributed by atoms with van der Waals surface area (Å²) in [6.45, 7) is 9.73. The zero-order valence-electron chi connectivity index (χ0n) is 13.7. The Balaban J connectivity index is 3.00. The molecule has 21 heavy (non-hydrogen) atoms. The van der Waals surface area contributed by atoms with Crippen LogP contribution in [-0.4, -0.2) is 43.7 Å².